The maximum absolute atomic E-state index is 11.7. The van der Waals surface area contributed by atoms with Gasteiger partial charge >= 0.3 is 5.97 Å². The van der Waals surface area contributed by atoms with Crippen molar-refractivity contribution in [1.82, 2.24) is 5.06 Å². The first kappa shape index (κ1) is 12.1. The minimum Gasteiger partial charge on any atom is -0.388 e. The molecule has 1 aliphatic heterocycles. The molecule has 1 heterocycles. The molecule has 0 radical (unpaired) electrons. The molecule has 18 heavy (non-hydrogen) atoms. The van der Waals surface area contributed by atoms with Gasteiger partial charge in [0.25, 0.3) is 11.8 Å². The number of imide groups is 1. The first-order valence-electron chi connectivity index (χ1n) is 5.47. The van der Waals surface area contributed by atoms with Crippen molar-refractivity contribution in [3.05, 3.63) is 29.8 Å². The smallest absolute Gasteiger partial charge is 0.363 e. The van der Waals surface area contributed by atoms with Gasteiger partial charge < -0.3 is 10.2 Å². The van der Waals surface area contributed by atoms with Crippen LogP contribution in [-0.4, -0.2) is 29.9 Å². The minimum atomic E-state index is -0.721. The van der Waals surface area contributed by atoms with Crippen LogP contribution in [-0.2, 0) is 14.4 Å². The Labute approximate surface area is 103 Å². The van der Waals surface area contributed by atoms with Crippen LogP contribution >= 0.6 is 0 Å². The number of hydrogen-bond acceptors (Lipinski definition) is 5. The summed E-state index contributed by atoms with van der Waals surface area (Å²) in [6.07, 6.45) is 0.176. The van der Waals surface area contributed by atoms with E-state index in [-0.39, 0.29) is 18.4 Å². The predicted molar refractivity (Wildman–Crippen MR) is 62.5 cm³/mol. The molecule has 1 fully saturated rings. The maximum atomic E-state index is 11.7. The number of rotatable bonds is 3. The van der Waals surface area contributed by atoms with Gasteiger partial charge in [-0.25, -0.2) is 4.79 Å². The zero-order chi connectivity index (χ0) is 13.1. The number of hydrogen-bond donors (Lipinski definition) is 1. The van der Waals surface area contributed by atoms with Crippen LogP contribution in [0, 0.1) is 0 Å². The Hall–Kier alpha value is -2.37. The highest BCUT2D eigenvalue weighted by Crippen LogP contribution is 2.15. The van der Waals surface area contributed by atoms with Gasteiger partial charge in [0.1, 0.15) is 0 Å². The number of nitrogens with one attached hydrogen (secondary N) is 1. The van der Waals surface area contributed by atoms with Crippen molar-refractivity contribution in [3.63, 3.8) is 0 Å². The molecule has 0 atom stereocenters. The first-order chi connectivity index (χ1) is 8.61. The molecule has 0 aromatic heterocycles. The van der Waals surface area contributed by atoms with E-state index in [4.69, 9.17) is 4.84 Å². The monoisotopic (exact) mass is 248 g/mol. The molecule has 1 aromatic rings. The van der Waals surface area contributed by atoms with Crippen LogP contribution < -0.4 is 5.32 Å². The second-order valence-corrected chi connectivity index (χ2v) is 3.79. The lowest BCUT2D eigenvalue weighted by molar-refractivity contribution is -0.172. The largest absolute Gasteiger partial charge is 0.388 e. The van der Waals surface area contributed by atoms with Crippen molar-refractivity contribution in [3.8, 4) is 0 Å². The van der Waals surface area contributed by atoms with E-state index in [1.807, 2.05) is 0 Å². The van der Waals surface area contributed by atoms with Crippen molar-refractivity contribution in [2.75, 3.05) is 12.4 Å². The number of carbonyl (C=O) groups is 3. The van der Waals surface area contributed by atoms with Gasteiger partial charge in [-0.05, 0) is 24.3 Å². The predicted octanol–water partition coefficient (Wildman–Crippen LogP) is 0.949. The standard InChI is InChI=1S/C12H12N2O4/c1-13-9-4-2-8(3-5-9)12(17)18-14-10(15)6-7-11(14)16/h2-5,13H,6-7H2,1H3. The number of anilines is 1. The van der Waals surface area contributed by atoms with E-state index in [1.54, 1.807) is 31.3 Å². The maximum Gasteiger partial charge on any atom is 0.363 e. The van der Waals surface area contributed by atoms with Crippen LogP contribution in [0.1, 0.15) is 23.2 Å². The molecule has 1 aliphatic rings. The van der Waals surface area contributed by atoms with E-state index >= 15 is 0 Å². The van der Waals surface area contributed by atoms with E-state index in [1.165, 1.54) is 0 Å². The van der Waals surface area contributed by atoms with E-state index in [0.717, 1.165) is 5.69 Å². The van der Waals surface area contributed by atoms with Crippen LogP contribution in [0.2, 0.25) is 0 Å². The molecular weight excluding hydrogens is 236 g/mol. The van der Waals surface area contributed by atoms with Crippen LogP contribution in [0.3, 0.4) is 0 Å². The van der Waals surface area contributed by atoms with Crippen LogP contribution in [0.4, 0.5) is 5.69 Å². The first-order valence-corrected chi connectivity index (χ1v) is 5.47. The van der Waals surface area contributed by atoms with Crippen molar-refractivity contribution in [2.45, 2.75) is 12.8 Å². The fourth-order valence-corrected chi connectivity index (χ4v) is 1.57. The molecule has 6 heteroatoms. The van der Waals surface area contributed by atoms with Gasteiger partial charge in [0.05, 0.1) is 5.56 Å². The quantitative estimate of drug-likeness (QED) is 0.806. The summed E-state index contributed by atoms with van der Waals surface area (Å²) in [5.74, 6) is -1.69. The summed E-state index contributed by atoms with van der Waals surface area (Å²) in [5.41, 5.74) is 1.13. The second-order valence-electron chi connectivity index (χ2n) is 3.79. The van der Waals surface area contributed by atoms with E-state index in [0.29, 0.717) is 5.06 Å². The molecule has 0 bridgehead atoms. The van der Waals surface area contributed by atoms with Crippen LogP contribution in [0.25, 0.3) is 0 Å². The molecule has 1 N–H and O–H groups in total. The third-order valence-corrected chi connectivity index (χ3v) is 2.59. The number of benzene rings is 1. The third-order valence-electron chi connectivity index (χ3n) is 2.59. The fourth-order valence-electron chi connectivity index (χ4n) is 1.57. The fraction of sp³-hybridized carbons (Fsp3) is 0.250. The Morgan fingerprint density at radius 3 is 2.22 bits per heavy atom. The summed E-state index contributed by atoms with van der Waals surface area (Å²) in [4.78, 5) is 39.0. The van der Waals surface area contributed by atoms with E-state index in [2.05, 4.69) is 5.32 Å². The van der Waals surface area contributed by atoms with Gasteiger partial charge in [-0.15, -0.1) is 5.06 Å². The molecule has 0 saturated carbocycles. The van der Waals surface area contributed by atoms with Gasteiger partial charge in [-0.2, -0.15) is 0 Å². The lowest BCUT2D eigenvalue weighted by atomic mass is 10.2. The lowest BCUT2D eigenvalue weighted by Gasteiger charge is -2.12. The molecule has 0 spiro atoms. The summed E-state index contributed by atoms with van der Waals surface area (Å²) >= 11 is 0. The highest BCUT2D eigenvalue weighted by molar-refractivity contribution is 6.02. The number of carbonyl (C=O) groups excluding carboxylic acids is 3. The molecule has 1 aromatic carbocycles. The van der Waals surface area contributed by atoms with Crippen molar-refractivity contribution < 1.29 is 19.2 Å². The Morgan fingerprint density at radius 2 is 1.72 bits per heavy atom. The topological polar surface area (TPSA) is 75.7 Å². The summed E-state index contributed by atoms with van der Waals surface area (Å²) in [6, 6.07) is 6.51. The SMILES string of the molecule is CNc1ccc(C(=O)ON2C(=O)CCC2=O)cc1. The zero-order valence-electron chi connectivity index (χ0n) is 9.80. The van der Waals surface area contributed by atoms with Gasteiger partial charge in [0.2, 0.25) is 0 Å². The number of nitrogens with zero attached hydrogens (tertiary/aromatic N) is 1. The van der Waals surface area contributed by atoms with Gasteiger partial charge in [0, 0.05) is 25.6 Å². The molecule has 6 nitrogen and oxygen atoms in total. The third kappa shape index (κ3) is 2.32. The van der Waals surface area contributed by atoms with E-state index in [9.17, 15) is 14.4 Å². The molecule has 94 valence electrons. The Kier molecular flexibility index (Phi) is 3.27. The highest BCUT2D eigenvalue weighted by Gasteiger charge is 2.33. The summed E-state index contributed by atoms with van der Waals surface area (Å²) < 4.78 is 0. The minimum absolute atomic E-state index is 0.0881. The molecule has 1 saturated heterocycles. The average molecular weight is 248 g/mol. The van der Waals surface area contributed by atoms with Crippen LogP contribution in [0.5, 0.6) is 0 Å². The molecule has 2 amide bonds. The van der Waals surface area contributed by atoms with Gasteiger partial charge in [-0.1, -0.05) is 0 Å². The highest BCUT2D eigenvalue weighted by atomic mass is 16.7. The Balaban J connectivity index is 2.07. The summed E-state index contributed by atoms with van der Waals surface area (Å²) in [5, 5.41) is 3.45. The molecule has 0 unspecified atom stereocenters. The number of amides is 2. The Morgan fingerprint density at radius 1 is 1.17 bits per heavy atom. The van der Waals surface area contributed by atoms with Gasteiger partial charge in [-0.3, -0.25) is 9.59 Å². The molecule has 0 aliphatic carbocycles. The summed E-state index contributed by atoms with van der Waals surface area (Å²) in [7, 11) is 1.76. The van der Waals surface area contributed by atoms with Gasteiger partial charge in [0.15, 0.2) is 0 Å². The van der Waals surface area contributed by atoms with Crippen molar-refractivity contribution in [1.29, 1.82) is 0 Å². The van der Waals surface area contributed by atoms with Crippen molar-refractivity contribution in [2.24, 2.45) is 0 Å². The average Bonchev–Trinajstić information content (AvgIpc) is 2.70. The second kappa shape index (κ2) is 4.87. The molecular formula is C12H12N2O4. The normalized spacial score (nSPS) is 14.8. The number of hydroxylamine groups is 2. The van der Waals surface area contributed by atoms with Crippen LogP contribution in [0.15, 0.2) is 24.3 Å². The molecule has 2 rings (SSSR count). The zero-order valence-corrected chi connectivity index (χ0v) is 9.80. The van der Waals surface area contributed by atoms with Crippen molar-refractivity contribution >= 4 is 23.5 Å². The lowest BCUT2D eigenvalue weighted by Crippen LogP contribution is -2.32. The van der Waals surface area contributed by atoms with E-state index < -0.39 is 17.8 Å². The Bertz CT molecular complexity index is 479. The summed E-state index contributed by atoms with van der Waals surface area (Å²) in [6.45, 7) is 0.